The van der Waals surface area contributed by atoms with Crippen LogP contribution in [0.4, 0.5) is 4.39 Å². The predicted octanol–water partition coefficient (Wildman–Crippen LogP) is 2.87. The van der Waals surface area contributed by atoms with E-state index in [0.717, 1.165) is 38.7 Å². The molecule has 0 radical (unpaired) electrons. The summed E-state index contributed by atoms with van der Waals surface area (Å²) in [6.07, 6.45) is 2.60. The molecule has 2 aromatic heterocycles. The van der Waals surface area contributed by atoms with Crippen LogP contribution in [0, 0.1) is 18.7 Å². The summed E-state index contributed by atoms with van der Waals surface area (Å²) in [4.78, 5) is 23.5. The third kappa shape index (κ3) is 3.83. The summed E-state index contributed by atoms with van der Waals surface area (Å²) >= 11 is 0. The van der Waals surface area contributed by atoms with Crippen molar-refractivity contribution in [3.05, 3.63) is 77.5 Å². The van der Waals surface area contributed by atoms with Crippen molar-refractivity contribution in [3.63, 3.8) is 0 Å². The third-order valence-electron chi connectivity index (χ3n) is 6.44. The lowest BCUT2D eigenvalue weighted by Crippen LogP contribution is -2.38. The van der Waals surface area contributed by atoms with E-state index in [1.807, 2.05) is 13.0 Å². The van der Waals surface area contributed by atoms with E-state index >= 15 is 0 Å². The van der Waals surface area contributed by atoms with Crippen molar-refractivity contribution in [2.45, 2.75) is 37.8 Å². The minimum atomic E-state index is -0.462. The number of likely N-dealkylation sites (tertiary alicyclic amines) is 1. The van der Waals surface area contributed by atoms with E-state index in [-0.39, 0.29) is 23.1 Å². The van der Waals surface area contributed by atoms with Crippen LogP contribution < -0.4 is 5.32 Å². The average molecular weight is 421 g/mol. The number of aromatic nitrogens is 3. The number of hydrogen-bond donors (Lipinski definition) is 1. The molecule has 5 rings (SSSR count). The van der Waals surface area contributed by atoms with Crippen molar-refractivity contribution >= 4 is 5.91 Å². The maximum atomic E-state index is 13.1. The lowest BCUT2D eigenvalue weighted by atomic mass is 9.80. The number of benzene rings is 1. The SMILES string of the molecule is Cc1noc(C23CC(NC(=O)c4ccc(F)cn4)CC2CN(Cc2ccccc2)C3)n1. The zero-order valence-corrected chi connectivity index (χ0v) is 17.3. The van der Waals surface area contributed by atoms with Gasteiger partial charge in [-0.15, -0.1) is 0 Å². The highest BCUT2D eigenvalue weighted by Gasteiger charge is 2.57. The Labute approximate surface area is 179 Å². The van der Waals surface area contributed by atoms with Gasteiger partial charge in [-0.2, -0.15) is 4.98 Å². The molecule has 1 saturated heterocycles. The maximum absolute atomic E-state index is 13.1. The van der Waals surface area contributed by atoms with E-state index in [2.05, 4.69) is 49.6 Å². The quantitative estimate of drug-likeness (QED) is 0.682. The predicted molar refractivity (Wildman–Crippen MR) is 111 cm³/mol. The molecule has 1 aliphatic carbocycles. The van der Waals surface area contributed by atoms with Crippen molar-refractivity contribution in [1.29, 1.82) is 0 Å². The second kappa shape index (κ2) is 7.85. The van der Waals surface area contributed by atoms with Crippen LogP contribution in [0.15, 0.2) is 53.2 Å². The fraction of sp³-hybridized carbons (Fsp3) is 0.391. The normalized spacial score (nSPS) is 25.5. The molecule has 1 amide bonds. The van der Waals surface area contributed by atoms with E-state index in [4.69, 9.17) is 4.52 Å². The molecule has 31 heavy (non-hydrogen) atoms. The Bertz CT molecular complexity index is 1070. The van der Waals surface area contributed by atoms with Gasteiger partial charge >= 0.3 is 0 Å². The second-order valence-corrected chi connectivity index (χ2v) is 8.63. The molecule has 1 saturated carbocycles. The van der Waals surface area contributed by atoms with E-state index in [1.54, 1.807) is 0 Å². The minimum Gasteiger partial charge on any atom is -0.348 e. The maximum Gasteiger partial charge on any atom is 0.270 e. The van der Waals surface area contributed by atoms with Crippen LogP contribution >= 0.6 is 0 Å². The van der Waals surface area contributed by atoms with E-state index < -0.39 is 5.82 Å². The molecule has 1 aromatic carbocycles. The van der Waals surface area contributed by atoms with Crippen LogP contribution in [0.3, 0.4) is 0 Å². The number of halogens is 1. The zero-order valence-electron chi connectivity index (χ0n) is 17.3. The fourth-order valence-corrected chi connectivity index (χ4v) is 5.15. The molecular formula is C23H24FN5O2. The molecule has 3 atom stereocenters. The largest absolute Gasteiger partial charge is 0.348 e. The molecule has 1 aliphatic heterocycles. The summed E-state index contributed by atoms with van der Waals surface area (Å²) < 4.78 is 18.8. The van der Waals surface area contributed by atoms with Crippen molar-refractivity contribution in [3.8, 4) is 0 Å². The molecule has 160 valence electrons. The molecule has 3 aromatic rings. The standard InChI is InChI=1S/C23H24FN5O2/c1-15-26-22(31-28-15)23-10-19(27-21(30)20-8-7-18(24)11-25-20)9-17(23)13-29(14-23)12-16-5-3-2-4-6-16/h2-8,11,17,19H,9-10,12-14H2,1H3,(H,27,30). The Morgan fingerprint density at radius 1 is 1.29 bits per heavy atom. The van der Waals surface area contributed by atoms with Gasteiger partial charge < -0.3 is 9.84 Å². The second-order valence-electron chi connectivity index (χ2n) is 8.63. The van der Waals surface area contributed by atoms with Crippen LogP contribution in [0.2, 0.25) is 0 Å². The molecule has 3 unspecified atom stereocenters. The van der Waals surface area contributed by atoms with Crippen molar-refractivity contribution < 1.29 is 13.7 Å². The topological polar surface area (TPSA) is 84.2 Å². The summed E-state index contributed by atoms with van der Waals surface area (Å²) in [5.41, 5.74) is 1.20. The molecule has 7 nitrogen and oxygen atoms in total. The molecule has 2 aliphatic rings. The third-order valence-corrected chi connectivity index (χ3v) is 6.44. The van der Waals surface area contributed by atoms with Crippen LogP contribution in [0.5, 0.6) is 0 Å². The summed E-state index contributed by atoms with van der Waals surface area (Å²) in [5, 5.41) is 7.11. The number of pyridine rings is 1. The summed E-state index contributed by atoms with van der Waals surface area (Å²) in [6.45, 7) is 4.39. The summed E-state index contributed by atoms with van der Waals surface area (Å²) in [7, 11) is 0. The molecule has 0 spiro atoms. The van der Waals surface area contributed by atoms with Gasteiger partial charge in [0, 0.05) is 25.7 Å². The monoisotopic (exact) mass is 421 g/mol. The van der Waals surface area contributed by atoms with Crippen LogP contribution in [0.25, 0.3) is 0 Å². The first-order chi connectivity index (χ1) is 15.0. The number of fused-ring (bicyclic) bond motifs is 1. The summed E-state index contributed by atoms with van der Waals surface area (Å²) in [5.74, 6) is 0.816. The van der Waals surface area contributed by atoms with Gasteiger partial charge in [-0.1, -0.05) is 35.5 Å². The van der Waals surface area contributed by atoms with Crippen molar-refractivity contribution in [2.24, 2.45) is 5.92 Å². The van der Waals surface area contributed by atoms with Crippen LogP contribution in [-0.2, 0) is 12.0 Å². The van der Waals surface area contributed by atoms with Gasteiger partial charge in [0.2, 0.25) is 5.89 Å². The number of nitrogens with one attached hydrogen (secondary N) is 1. The minimum absolute atomic E-state index is 0.0320. The van der Waals surface area contributed by atoms with Gasteiger partial charge in [0.15, 0.2) is 5.82 Å². The van der Waals surface area contributed by atoms with Crippen LogP contribution in [0.1, 0.15) is 40.6 Å². The Kier molecular flexibility index (Phi) is 5.02. The fourth-order valence-electron chi connectivity index (χ4n) is 5.15. The highest BCUT2D eigenvalue weighted by molar-refractivity contribution is 5.92. The number of rotatable bonds is 5. The number of carbonyl (C=O) groups is 1. The Morgan fingerprint density at radius 3 is 2.84 bits per heavy atom. The number of amides is 1. The zero-order chi connectivity index (χ0) is 21.4. The Hall–Kier alpha value is -3.13. The first-order valence-electron chi connectivity index (χ1n) is 10.5. The van der Waals surface area contributed by atoms with E-state index in [9.17, 15) is 9.18 Å². The van der Waals surface area contributed by atoms with Gasteiger partial charge in [0.05, 0.1) is 11.6 Å². The number of carbonyl (C=O) groups excluding carboxylic acids is 1. The number of nitrogens with zero attached hydrogens (tertiary/aromatic N) is 4. The van der Waals surface area contributed by atoms with Gasteiger partial charge in [-0.25, -0.2) is 9.37 Å². The molecule has 2 fully saturated rings. The molecule has 3 heterocycles. The highest BCUT2D eigenvalue weighted by Crippen LogP contribution is 2.50. The molecule has 8 heteroatoms. The van der Waals surface area contributed by atoms with Gasteiger partial charge in [-0.05, 0) is 43.4 Å². The lowest BCUT2D eigenvalue weighted by Gasteiger charge is -2.25. The van der Waals surface area contributed by atoms with E-state index in [1.165, 1.54) is 17.7 Å². The number of hydrogen-bond acceptors (Lipinski definition) is 6. The number of aryl methyl sites for hydroxylation is 1. The highest BCUT2D eigenvalue weighted by atomic mass is 19.1. The average Bonchev–Trinajstić information content (AvgIpc) is 3.42. The van der Waals surface area contributed by atoms with E-state index in [0.29, 0.717) is 17.6 Å². The first kappa shape index (κ1) is 19.8. The molecular weight excluding hydrogens is 397 g/mol. The smallest absolute Gasteiger partial charge is 0.270 e. The molecule has 0 bridgehead atoms. The van der Waals surface area contributed by atoms with Crippen LogP contribution in [-0.4, -0.2) is 45.1 Å². The van der Waals surface area contributed by atoms with Gasteiger partial charge in [0.1, 0.15) is 11.5 Å². The Balaban J connectivity index is 1.34. The first-order valence-corrected chi connectivity index (χ1v) is 10.5. The van der Waals surface area contributed by atoms with Crippen molar-refractivity contribution in [2.75, 3.05) is 13.1 Å². The lowest BCUT2D eigenvalue weighted by molar-refractivity contribution is 0.0928. The van der Waals surface area contributed by atoms with Gasteiger partial charge in [0.25, 0.3) is 5.91 Å². The van der Waals surface area contributed by atoms with Gasteiger partial charge in [-0.3, -0.25) is 9.69 Å². The Morgan fingerprint density at radius 2 is 2.13 bits per heavy atom. The molecule has 1 N–H and O–H groups in total. The van der Waals surface area contributed by atoms with Crippen molar-refractivity contribution in [1.82, 2.24) is 25.3 Å². The summed E-state index contributed by atoms with van der Waals surface area (Å²) in [6, 6.07) is 13.0.